The molecule has 22 heavy (non-hydrogen) atoms. The van der Waals surface area contributed by atoms with Crippen molar-refractivity contribution in [2.75, 3.05) is 5.32 Å². The van der Waals surface area contributed by atoms with E-state index in [4.69, 9.17) is 4.74 Å². The molecular formula is C17H18N2O3. The van der Waals surface area contributed by atoms with E-state index in [1.807, 2.05) is 32.0 Å². The smallest absolute Gasteiger partial charge is 0.247 e. The summed E-state index contributed by atoms with van der Waals surface area (Å²) in [6, 6.07) is 8.99. The van der Waals surface area contributed by atoms with Gasteiger partial charge in [-0.1, -0.05) is 12.1 Å². The standard InChI is InChI=1S/C17H18N2O3/c1-10(2)22-12-4-5-13-14(8-17(21)19-15(13)7-12)11-3-6-16(20)18-9-11/h3-7,9-10,14H,8H2,1-2H3,(H,18,20)(H,19,21). The largest absolute Gasteiger partial charge is 0.491 e. The van der Waals surface area contributed by atoms with E-state index in [9.17, 15) is 9.59 Å². The second-order valence-electron chi connectivity index (χ2n) is 5.71. The summed E-state index contributed by atoms with van der Waals surface area (Å²) in [7, 11) is 0. The van der Waals surface area contributed by atoms with Crippen LogP contribution in [0.4, 0.5) is 5.69 Å². The van der Waals surface area contributed by atoms with Crippen LogP contribution in [0.15, 0.2) is 41.3 Å². The summed E-state index contributed by atoms with van der Waals surface area (Å²) in [6.45, 7) is 3.92. The summed E-state index contributed by atoms with van der Waals surface area (Å²) in [5.74, 6) is 0.635. The number of benzene rings is 1. The average Bonchev–Trinajstić information content (AvgIpc) is 2.46. The molecule has 1 aliphatic rings. The first-order chi connectivity index (χ1) is 10.5. The van der Waals surface area contributed by atoms with Gasteiger partial charge in [-0.15, -0.1) is 0 Å². The van der Waals surface area contributed by atoms with Crippen LogP contribution >= 0.6 is 0 Å². The summed E-state index contributed by atoms with van der Waals surface area (Å²) in [6.07, 6.45) is 2.12. The Labute approximate surface area is 128 Å². The predicted molar refractivity (Wildman–Crippen MR) is 84.4 cm³/mol. The first kappa shape index (κ1) is 14.4. The summed E-state index contributed by atoms with van der Waals surface area (Å²) >= 11 is 0. The number of hydrogen-bond donors (Lipinski definition) is 2. The Kier molecular flexibility index (Phi) is 3.71. The van der Waals surface area contributed by atoms with Gasteiger partial charge in [0.05, 0.1) is 6.10 Å². The molecule has 0 radical (unpaired) electrons. The van der Waals surface area contributed by atoms with Crippen molar-refractivity contribution in [3.05, 3.63) is 58.0 Å². The molecule has 5 heteroatoms. The SMILES string of the molecule is CC(C)Oc1ccc2c(c1)NC(=O)CC2c1ccc(=O)[nH]c1. The number of H-pyrrole nitrogens is 1. The van der Waals surface area contributed by atoms with Crippen LogP contribution in [0.25, 0.3) is 0 Å². The van der Waals surface area contributed by atoms with Crippen molar-refractivity contribution < 1.29 is 9.53 Å². The molecule has 1 aliphatic heterocycles. The first-order valence-electron chi connectivity index (χ1n) is 7.32. The number of carbonyl (C=O) groups is 1. The van der Waals surface area contributed by atoms with Crippen molar-refractivity contribution in [3.8, 4) is 5.75 Å². The minimum Gasteiger partial charge on any atom is -0.491 e. The van der Waals surface area contributed by atoms with Crippen molar-refractivity contribution in [1.82, 2.24) is 4.98 Å². The maximum absolute atomic E-state index is 12.0. The minimum absolute atomic E-state index is 0.0367. The molecule has 0 spiro atoms. The number of carbonyl (C=O) groups excluding carboxylic acids is 1. The van der Waals surface area contributed by atoms with E-state index in [0.717, 1.165) is 22.6 Å². The van der Waals surface area contributed by atoms with E-state index in [0.29, 0.717) is 6.42 Å². The molecule has 0 fully saturated rings. The number of amides is 1. The fraction of sp³-hybridized carbons (Fsp3) is 0.294. The van der Waals surface area contributed by atoms with Gasteiger partial charge in [-0.2, -0.15) is 0 Å². The van der Waals surface area contributed by atoms with E-state index in [-0.39, 0.29) is 23.5 Å². The zero-order valence-electron chi connectivity index (χ0n) is 12.6. The summed E-state index contributed by atoms with van der Waals surface area (Å²) in [5, 5.41) is 2.89. The molecule has 0 saturated carbocycles. The highest BCUT2D eigenvalue weighted by molar-refractivity contribution is 5.95. The Hall–Kier alpha value is -2.56. The minimum atomic E-state index is -0.148. The lowest BCUT2D eigenvalue weighted by Gasteiger charge is -2.26. The third kappa shape index (κ3) is 2.88. The molecule has 5 nitrogen and oxygen atoms in total. The third-order valence-corrected chi connectivity index (χ3v) is 3.65. The Morgan fingerprint density at radius 2 is 2.00 bits per heavy atom. The highest BCUT2D eigenvalue weighted by Crippen LogP contribution is 2.38. The summed E-state index contributed by atoms with van der Waals surface area (Å²) < 4.78 is 5.67. The highest BCUT2D eigenvalue weighted by atomic mass is 16.5. The molecule has 0 aliphatic carbocycles. The Morgan fingerprint density at radius 3 is 2.68 bits per heavy atom. The van der Waals surface area contributed by atoms with Crippen LogP contribution in [-0.2, 0) is 4.79 Å². The number of fused-ring (bicyclic) bond motifs is 1. The second kappa shape index (κ2) is 5.67. The molecule has 114 valence electrons. The molecule has 1 aromatic carbocycles. The lowest BCUT2D eigenvalue weighted by atomic mass is 9.85. The van der Waals surface area contributed by atoms with Crippen LogP contribution in [0.5, 0.6) is 5.75 Å². The maximum atomic E-state index is 12.0. The van der Waals surface area contributed by atoms with E-state index >= 15 is 0 Å². The van der Waals surface area contributed by atoms with E-state index in [1.165, 1.54) is 6.07 Å². The molecule has 2 aromatic rings. The second-order valence-corrected chi connectivity index (χ2v) is 5.71. The molecule has 3 rings (SSSR count). The van der Waals surface area contributed by atoms with E-state index in [2.05, 4.69) is 10.3 Å². The van der Waals surface area contributed by atoms with Gasteiger partial charge in [-0.3, -0.25) is 9.59 Å². The van der Waals surface area contributed by atoms with Crippen molar-refractivity contribution >= 4 is 11.6 Å². The Morgan fingerprint density at radius 1 is 1.18 bits per heavy atom. The number of pyridine rings is 1. The molecule has 0 bridgehead atoms. The molecule has 2 heterocycles. The third-order valence-electron chi connectivity index (χ3n) is 3.65. The molecule has 1 amide bonds. The number of aromatic nitrogens is 1. The Balaban J connectivity index is 2.00. The Bertz CT molecular complexity index is 744. The number of anilines is 1. The molecule has 0 saturated heterocycles. The quantitative estimate of drug-likeness (QED) is 0.915. The zero-order valence-corrected chi connectivity index (χ0v) is 12.6. The van der Waals surface area contributed by atoms with Crippen molar-refractivity contribution in [1.29, 1.82) is 0 Å². The van der Waals surface area contributed by atoms with Crippen molar-refractivity contribution in [2.45, 2.75) is 32.3 Å². The molecular weight excluding hydrogens is 280 g/mol. The molecule has 1 unspecified atom stereocenters. The van der Waals surface area contributed by atoms with Gasteiger partial charge in [-0.25, -0.2) is 0 Å². The number of aromatic amines is 1. The predicted octanol–water partition coefficient (Wildman–Crippen LogP) is 2.64. The van der Waals surface area contributed by atoms with Gasteiger partial charge in [0, 0.05) is 36.4 Å². The highest BCUT2D eigenvalue weighted by Gasteiger charge is 2.27. The van der Waals surface area contributed by atoms with Gasteiger partial charge in [0.1, 0.15) is 5.75 Å². The molecule has 1 aromatic heterocycles. The van der Waals surface area contributed by atoms with Gasteiger partial charge < -0.3 is 15.0 Å². The first-order valence-corrected chi connectivity index (χ1v) is 7.32. The van der Waals surface area contributed by atoms with Gasteiger partial charge in [-0.05, 0) is 31.0 Å². The van der Waals surface area contributed by atoms with Crippen LogP contribution in [-0.4, -0.2) is 17.0 Å². The van der Waals surface area contributed by atoms with Crippen LogP contribution < -0.4 is 15.6 Å². The lowest BCUT2D eigenvalue weighted by molar-refractivity contribution is -0.116. The van der Waals surface area contributed by atoms with Gasteiger partial charge in [0.2, 0.25) is 11.5 Å². The van der Waals surface area contributed by atoms with Crippen LogP contribution in [0.1, 0.15) is 37.3 Å². The summed E-state index contributed by atoms with van der Waals surface area (Å²) in [4.78, 5) is 25.9. The number of hydrogen-bond acceptors (Lipinski definition) is 3. The van der Waals surface area contributed by atoms with E-state index in [1.54, 1.807) is 12.3 Å². The normalized spacial score (nSPS) is 17.0. The summed E-state index contributed by atoms with van der Waals surface area (Å²) in [5.41, 5.74) is 2.58. The lowest BCUT2D eigenvalue weighted by Crippen LogP contribution is -2.24. The average molecular weight is 298 g/mol. The van der Waals surface area contributed by atoms with Crippen LogP contribution in [0, 0.1) is 0 Å². The fourth-order valence-electron chi connectivity index (χ4n) is 2.73. The van der Waals surface area contributed by atoms with Gasteiger partial charge in [0.25, 0.3) is 0 Å². The molecule has 2 N–H and O–H groups in total. The van der Waals surface area contributed by atoms with Crippen molar-refractivity contribution in [3.63, 3.8) is 0 Å². The number of ether oxygens (including phenoxy) is 1. The molecule has 1 atom stereocenters. The maximum Gasteiger partial charge on any atom is 0.247 e. The number of rotatable bonds is 3. The van der Waals surface area contributed by atoms with Crippen molar-refractivity contribution in [2.24, 2.45) is 0 Å². The van der Waals surface area contributed by atoms with Gasteiger partial charge in [0.15, 0.2) is 0 Å². The topological polar surface area (TPSA) is 71.2 Å². The van der Waals surface area contributed by atoms with Crippen LogP contribution in [0.3, 0.4) is 0 Å². The monoisotopic (exact) mass is 298 g/mol. The van der Waals surface area contributed by atoms with Gasteiger partial charge >= 0.3 is 0 Å². The fourth-order valence-corrected chi connectivity index (χ4v) is 2.73. The van der Waals surface area contributed by atoms with Crippen LogP contribution in [0.2, 0.25) is 0 Å². The van der Waals surface area contributed by atoms with E-state index < -0.39 is 0 Å². The number of nitrogens with one attached hydrogen (secondary N) is 2. The zero-order chi connectivity index (χ0) is 15.7.